The average molecular weight is 317 g/mol. The minimum absolute atomic E-state index is 0.403. The summed E-state index contributed by atoms with van der Waals surface area (Å²) in [7, 11) is 0. The van der Waals surface area contributed by atoms with E-state index >= 15 is 0 Å². The summed E-state index contributed by atoms with van der Waals surface area (Å²) in [6.45, 7) is 4.54. The van der Waals surface area contributed by atoms with Gasteiger partial charge in [-0.15, -0.1) is 0 Å². The number of hydrazine groups is 1. The van der Waals surface area contributed by atoms with Gasteiger partial charge in [0.05, 0.1) is 10.0 Å². The fraction of sp³-hybridized carbons (Fsp3) is 0.643. The van der Waals surface area contributed by atoms with Crippen LogP contribution < -0.4 is 16.6 Å². The summed E-state index contributed by atoms with van der Waals surface area (Å²) in [6.07, 6.45) is 4.95. The van der Waals surface area contributed by atoms with E-state index in [-0.39, 0.29) is 0 Å². The lowest BCUT2D eigenvalue weighted by atomic mass is 9.78. The van der Waals surface area contributed by atoms with Crippen molar-refractivity contribution < 1.29 is 0 Å². The van der Waals surface area contributed by atoms with Crippen LogP contribution in [-0.4, -0.2) is 11.0 Å². The summed E-state index contributed by atoms with van der Waals surface area (Å²) >= 11 is 12.2. The van der Waals surface area contributed by atoms with Gasteiger partial charge in [0.1, 0.15) is 5.82 Å². The van der Waals surface area contributed by atoms with E-state index in [9.17, 15) is 0 Å². The van der Waals surface area contributed by atoms with Gasteiger partial charge >= 0.3 is 0 Å². The topological polar surface area (TPSA) is 63.0 Å². The highest BCUT2D eigenvalue weighted by molar-refractivity contribution is 6.37. The number of halogens is 2. The van der Waals surface area contributed by atoms with Gasteiger partial charge in [0.2, 0.25) is 0 Å². The smallest absolute Gasteiger partial charge is 0.161 e. The first kappa shape index (κ1) is 15.7. The molecule has 2 rings (SSSR count). The Balaban J connectivity index is 2.19. The van der Waals surface area contributed by atoms with Crippen molar-refractivity contribution in [1.29, 1.82) is 0 Å². The molecule has 2 unspecified atom stereocenters. The predicted octanol–water partition coefficient (Wildman–Crippen LogP) is 4.30. The minimum atomic E-state index is 0.403. The van der Waals surface area contributed by atoms with Crippen molar-refractivity contribution in [2.75, 3.05) is 10.7 Å². The van der Waals surface area contributed by atoms with Crippen LogP contribution in [0.2, 0.25) is 10.0 Å². The first-order chi connectivity index (χ1) is 9.52. The van der Waals surface area contributed by atoms with Gasteiger partial charge in [0.25, 0.3) is 0 Å². The van der Waals surface area contributed by atoms with E-state index in [4.69, 9.17) is 29.0 Å². The quantitative estimate of drug-likeness (QED) is 0.572. The number of aromatic nitrogens is 1. The average Bonchev–Trinajstić information content (AvgIpc) is 2.42. The molecule has 4 nitrogen and oxygen atoms in total. The number of hydrogen-bond donors (Lipinski definition) is 3. The SMILES string of the molecule is CC(C)C1CCCCC1Nc1nc(NN)c(Cl)cc1Cl. The number of nitrogen functional groups attached to an aromatic ring is 1. The second-order valence-electron chi connectivity index (χ2n) is 5.74. The summed E-state index contributed by atoms with van der Waals surface area (Å²) in [6, 6.07) is 2.07. The fourth-order valence-corrected chi connectivity index (χ4v) is 3.45. The third-order valence-electron chi connectivity index (χ3n) is 4.06. The summed E-state index contributed by atoms with van der Waals surface area (Å²) in [5.41, 5.74) is 2.49. The highest BCUT2D eigenvalue weighted by atomic mass is 35.5. The van der Waals surface area contributed by atoms with Crippen LogP contribution in [0.3, 0.4) is 0 Å². The van der Waals surface area contributed by atoms with E-state index < -0.39 is 0 Å². The van der Waals surface area contributed by atoms with Gasteiger partial charge in [0.15, 0.2) is 5.82 Å². The Morgan fingerprint density at radius 3 is 2.50 bits per heavy atom. The number of hydrogen-bond acceptors (Lipinski definition) is 4. The maximum absolute atomic E-state index is 6.23. The van der Waals surface area contributed by atoms with Gasteiger partial charge in [0, 0.05) is 6.04 Å². The van der Waals surface area contributed by atoms with Gasteiger partial charge < -0.3 is 10.7 Å². The van der Waals surface area contributed by atoms with Crippen LogP contribution in [0.15, 0.2) is 6.07 Å². The Kier molecular flexibility index (Phi) is 5.35. The van der Waals surface area contributed by atoms with Gasteiger partial charge in [-0.1, -0.05) is 49.9 Å². The molecule has 1 saturated carbocycles. The first-order valence-corrected chi connectivity index (χ1v) is 7.87. The van der Waals surface area contributed by atoms with Crippen LogP contribution in [0.4, 0.5) is 11.6 Å². The summed E-state index contributed by atoms with van der Waals surface area (Å²) in [5.74, 6) is 7.79. The lowest BCUT2D eigenvalue weighted by Crippen LogP contribution is -2.35. The Morgan fingerprint density at radius 1 is 1.20 bits per heavy atom. The Bertz CT molecular complexity index is 465. The van der Waals surface area contributed by atoms with E-state index in [0.29, 0.717) is 39.6 Å². The van der Waals surface area contributed by atoms with E-state index in [1.54, 1.807) is 6.07 Å². The Hall–Kier alpha value is -0.710. The zero-order valence-electron chi connectivity index (χ0n) is 11.9. The highest BCUT2D eigenvalue weighted by Gasteiger charge is 2.28. The standard InChI is InChI=1S/C14H22Cl2N4/c1-8(2)9-5-3-4-6-12(9)18-13-10(15)7-11(16)14(19-13)20-17/h7-9,12H,3-6,17H2,1-2H3,(H2,18,19,20). The van der Waals surface area contributed by atoms with Crippen molar-refractivity contribution in [3.63, 3.8) is 0 Å². The second kappa shape index (κ2) is 6.83. The molecule has 6 heteroatoms. The monoisotopic (exact) mass is 316 g/mol. The molecule has 1 aliphatic carbocycles. The van der Waals surface area contributed by atoms with E-state index in [1.807, 2.05) is 0 Å². The molecule has 0 spiro atoms. The maximum Gasteiger partial charge on any atom is 0.161 e. The molecule has 1 aliphatic rings. The fourth-order valence-electron chi connectivity index (χ4n) is 2.98. The molecule has 2 atom stereocenters. The number of pyridine rings is 1. The first-order valence-electron chi connectivity index (χ1n) is 7.12. The highest BCUT2D eigenvalue weighted by Crippen LogP contribution is 2.35. The lowest BCUT2D eigenvalue weighted by Gasteiger charge is -2.35. The van der Waals surface area contributed by atoms with E-state index in [1.165, 1.54) is 19.3 Å². The van der Waals surface area contributed by atoms with E-state index in [2.05, 4.69) is 29.6 Å². The molecule has 0 radical (unpaired) electrons. The molecule has 0 bridgehead atoms. The van der Waals surface area contributed by atoms with Gasteiger partial charge in [-0.2, -0.15) is 0 Å². The van der Waals surface area contributed by atoms with Crippen molar-refractivity contribution in [2.24, 2.45) is 17.7 Å². The second-order valence-corrected chi connectivity index (χ2v) is 6.55. The number of nitrogens with one attached hydrogen (secondary N) is 2. The van der Waals surface area contributed by atoms with Crippen molar-refractivity contribution in [3.05, 3.63) is 16.1 Å². The Labute approximate surface area is 130 Å². The molecule has 4 N–H and O–H groups in total. The van der Waals surface area contributed by atoms with Crippen molar-refractivity contribution >= 4 is 34.8 Å². The molecule has 0 saturated heterocycles. The molecule has 20 heavy (non-hydrogen) atoms. The molecular formula is C14H22Cl2N4. The molecule has 0 amide bonds. The molecule has 1 fully saturated rings. The summed E-state index contributed by atoms with van der Waals surface area (Å²) in [4.78, 5) is 4.37. The van der Waals surface area contributed by atoms with E-state index in [0.717, 1.165) is 6.42 Å². The third kappa shape index (κ3) is 3.48. The van der Waals surface area contributed by atoms with Crippen LogP contribution in [-0.2, 0) is 0 Å². The van der Waals surface area contributed by atoms with Crippen LogP contribution in [0.25, 0.3) is 0 Å². The van der Waals surface area contributed by atoms with Crippen LogP contribution in [0, 0.1) is 11.8 Å². The molecule has 0 aliphatic heterocycles. The lowest BCUT2D eigenvalue weighted by molar-refractivity contribution is 0.253. The molecule has 112 valence electrons. The molecular weight excluding hydrogens is 295 g/mol. The van der Waals surface area contributed by atoms with Crippen LogP contribution in [0.5, 0.6) is 0 Å². The number of anilines is 2. The molecule has 1 aromatic heterocycles. The largest absolute Gasteiger partial charge is 0.366 e. The van der Waals surface area contributed by atoms with Crippen molar-refractivity contribution in [3.8, 4) is 0 Å². The van der Waals surface area contributed by atoms with Gasteiger partial charge in [-0.25, -0.2) is 10.8 Å². The summed E-state index contributed by atoms with van der Waals surface area (Å²) in [5, 5.41) is 4.44. The number of nitrogens with two attached hydrogens (primary N) is 1. The molecule has 0 aromatic carbocycles. The molecule has 1 aromatic rings. The zero-order chi connectivity index (χ0) is 14.7. The minimum Gasteiger partial charge on any atom is -0.366 e. The van der Waals surface area contributed by atoms with Crippen molar-refractivity contribution in [1.82, 2.24) is 4.98 Å². The number of nitrogens with zero attached hydrogens (tertiary/aromatic N) is 1. The van der Waals surface area contributed by atoms with Crippen molar-refractivity contribution in [2.45, 2.75) is 45.6 Å². The Morgan fingerprint density at radius 2 is 1.85 bits per heavy atom. The number of rotatable bonds is 4. The third-order valence-corrected chi connectivity index (χ3v) is 4.64. The van der Waals surface area contributed by atoms with Crippen LogP contribution >= 0.6 is 23.2 Å². The van der Waals surface area contributed by atoms with Crippen LogP contribution in [0.1, 0.15) is 39.5 Å². The van der Waals surface area contributed by atoms with Gasteiger partial charge in [-0.05, 0) is 30.7 Å². The predicted molar refractivity (Wildman–Crippen MR) is 86.3 cm³/mol. The zero-order valence-corrected chi connectivity index (χ0v) is 13.4. The summed E-state index contributed by atoms with van der Waals surface area (Å²) < 4.78 is 0. The maximum atomic E-state index is 6.23. The normalized spacial score (nSPS) is 22.9. The molecule has 1 heterocycles. The van der Waals surface area contributed by atoms with Gasteiger partial charge in [-0.3, -0.25) is 0 Å².